The number of carbonyl (C=O) groups is 1. The number of likely N-dealkylation sites (N-methyl/N-ethyl adjacent to an activating group) is 1. The van der Waals surface area contributed by atoms with E-state index in [4.69, 9.17) is 23.2 Å². The third kappa shape index (κ3) is 4.81. The van der Waals surface area contributed by atoms with Crippen LogP contribution in [0.4, 0.5) is 0 Å². The summed E-state index contributed by atoms with van der Waals surface area (Å²) in [5.74, 6) is 0.212. The number of benzene rings is 2. The predicted molar refractivity (Wildman–Crippen MR) is 96.7 cm³/mol. The first kappa shape index (κ1) is 18.0. The average Bonchev–Trinajstić information content (AvgIpc) is 2.52. The van der Waals surface area contributed by atoms with Crippen LogP contribution in [0.1, 0.15) is 24.5 Å². The average molecular weight is 351 g/mol. The molecule has 0 fully saturated rings. The van der Waals surface area contributed by atoms with Crippen LogP contribution < -0.4 is 0 Å². The molecule has 0 aliphatic carbocycles. The van der Waals surface area contributed by atoms with Gasteiger partial charge < -0.3 is 0 Å². The van der Waals surface area contributed by atoms with Crippen LogP contribution in [-0.4, -0.2) is 24.0 Å². The summed E-state index contributed by atoms with van der Waals surface area (Å²) in [5, 5.41) is 1.07. The number of halogens is 2. The molecule has 1 atom stereocenters. The Hall–Kier alpha value is -1.35. The van der Waals surface area contributed by atoms with Crippen molar-refractivity contribution in [1.82, 2.24) is 0 Å². The molecule has 0 aliphatic heterocycles. The summed E-state index contributed by atoms with van der Waals surface area (Å²) in [4.78, 5) is 12.9. The topological polar surface area (TPSA) is 17.1 Å². The highest BCUT2D eigenvalue weighted by Crippen LogP contribution is 2.25. The standard InChI is InChI=1S/C19H22Cl2NO/c1-3-11-22(2,14-16-9-10-17(20)18(21)12-16)19(23)13-15-7-5-4-6-8-15/h4-10,12H,3,11,13-14H2,1-2H3/q+1. The molecule has 2 aromatic rings. The van der Waals surface area contributed by atoms with Crippen LogP contribution in [0, 0.1) is 0 Å². The smallest absolute Gasteiger partial charge is 0.259 e. The second-order valence-corrected chi connectivity index (χ2v) is 6.90. The summed E-state index contributed by atoms with van der Waals surface area (Å²) < 4.78 is 0.364. The number of hydrogen-bond acceptors (Lipinski definition) is 1. The van der Waals surface area contributed by atoms with Crippen LogP contribution in [0.3, 0.4) is 0 Å². The minimum Gasteiger partial charge on any atom is -0.259 e. The Morgan fingerprint density at radius 2 is 1.70 bits per heavy atom. The normalized spacial score (nSPS) is 13.6. The monoisotopic (exact) mass is 350 g/mol. The summed E-state index contributed by atoms with van der Waals surface area (Å²) in [5.41, 5.74) is 2.07. The fraction of sp³-hybridized carbons (Fsp3) is 0.316. The SMILES string of the molecule is CCC[N+](C)(Cc1ccc(Cl)c(Cl)c1)C(=O)Cc1ccccc1. The Balaban J connectivity index is 2.19. The van der Waals surface area contributed by atoms with Crippen molar-refractivity contribution in [2.24, 2.45) is 0 Å². The number of rotatable bonds is 6. The van der Waals surface area contributed by atoms with E-state index in [9.17, 15) is 4.79 Å². The maximum Gasteiger partial charge on any atom is 0.318 e. The maximum atomic E-state index is 12.9. The zero-order chi connectivity index (χ0) is 16.9. The van der Waals surface area contributed by atoms with Crippen LogP contribution in [0.15, 0.2) is 48.5 Å². The first-order valence-corrected chi connectivity index (χ1v) is 8.56. The molecule has 2 aromatic carbocycles. The Morgan fingerprint density at radius 1 is 1.00 bits per heavy atom. The Bertz CT molecular complexity index is 672. The number of hydrogen-bond donors (Lipinski definition) is 0. The second-order valence-electron chi connectivity index (χ2n) is 6.08. The van der Waals surface area contributed by atoms with Gasteiger partial charge in [-0.15, -0.1) is 0 Å². The molecular formula is C19H22Cl2NO+. The minimum absolute atomic E-state index is 0.212. The van der Waals surface area contributed by atoms with Crippen LogP contribution in [-0.2, 0) is 17.8 Å². The summed E-state index contributed by atoms with van der Waals surface area (Å²) in [7, 11) is 2.00. The van der Waals surface area contributed by atoms with E-state index in [0.717, 1.165) is 24.1 Å². The van der Waals surface area contributed by atoms with E-state index >= 15 is 0 Å². The second kappa shape index (κ2) is 7.96. The summed E-state index contributed by atoms with van der Waals surface area (Å²) in [6.07, 6.45) is 1.39. The molecule has 0 heterocycles. The lowest BCUT2D eigenvalue weighted by molar-refractivity contribution is -0.848. The minimum atomic E-state index is 0.212. The van der Waals surface area contributed by atoms with Crippen molar-refractivity contribution in [3.8, 4) is 0 Å². The number of carbonyl (C=O) groups excluding carboxylic acids is 1. The molecule has 1 unspecified atom stereocenters. The quantitative estimate of drug-likeness (QED) is 0.660. The molecule has 0 N–H and O–H groups in total. The van der Waals surface area contributed by atoms with Gasteiger partial charge in [0.15, 0.2) is 0 Å². The molecule has 0 aliphatic rings. The molecule has 0 aromatic heterocycles. The largest absolute Gasteiger partial charge is 0.318 e. The predicted octanol–water partition coefficient (Wildman–Crippen LogP) is 5.12. The van der Waals surface area contributed by atoms with Gasteiger partial charge in [-0.1, -0.05) is 66.5 Å². The zero-order valence-corrected chi connectivity index (χ0v) is 15.1. The zero-order valence-electron chi connectivity index (χ0n) is 13.6. The van der Waals surface area contributed by atoms with Gasteiger partial charge in [-0.3, -0.25) is 4.48 Å². The van der Waals surface area contributed by atoms with E-state index in [1.165, 1.54) is 0 Å². The van der Waals surface area contributed by atoms with Crippen molar-refractivity contribution in [3.63, 3.8) is 0 Å². The van der Waals surface area contributed by atoms with E-state index in [1.54, 1.807) is 6.07 Å². The summed E-state index contributed by atoms with van der Waals surface area (Å²) >= 11 is 12.1. The van der Waals surface area contributed by atoms with Crippen LogP contribution >= 0.6 is 23.2 Å². The Kier molecular flexibility index (Phi) is 6.23. The molecule has 122 valence electrons. The third-order valence-electron chi connectivity index (χ3n) is 4.03. The lowest BCUT2D eigenvalue weighted by Crippen LogP contribution is -2.49. The van der Waals surface area contributed by atoms with Crippen molar-refractivity contribution in [2.45, 2.75) is 26.3 Å². The van der Waals surface area contributed by atoms with Gasteiger partial charge in [-0.25, -0.2) is 4.79 Å². The first-order valence-electron chi connectivity index (χ1n) is 7.80. The van der Waals surface area contributed by atoms with Gasteiger partial charge in [-0.05, 0) is 24.1 Å². The Morgan fingerprint density at radius 3 is 2.30 bits per heavy atom. The van der Waals surface area contributed by atoms with E-state index in [2.05, 4.69) is 6.92 Å². The molecule has 4 heteroatoms. The molecule has 2 rings (SSSR count). The molecule has 0 spiro atoms. The highest BCUT2D eigenvalue weighted by atomic mass is 35.5. The highest BCUT2D eigenvalue weighted by molar-refractivity contribution is 6.42. The summed E-state index contributed by atoms with van der Waals surface area (Å²) in [6.45, 7) is 3.52. The fourth-order valence-electron chi connectivity index (χ4n) is 2.79. The van der Waals surface area contributed by atoms with E-state index in [1.807, 2.05) is 49.5 Å². The van der Waals surface area contributed by atoms with Gasteiger partial charge >= 0.3 is 5.91 Å². The van der Waals surface area contributed by atoms with E-state index < -0.39 is 0 Å². The van der Waals surface area contributed by atoms with Crippen LogP contribution in [0.2, 0.25) is 10.0 Å². The fourth-order valence-corrected chi connectivity index (χ4v) is 3.11. The van der Waals surface area contributed by atoms with E-state index in [-0.39, 0.29) is 5.91 Å². The van der Waals surface area contributed by atoms with Crippen molar-refractivity contribution in [3.05, 3.63) is 69.7 Å². The van der Waals surface area contributed by atoms with E-state index in [0.29, 0.717) is 27.5 Å². The van der Waals surface area contributed by atoms with Gasteiger partial charge in [-0.2, -0.15) is 0 Å². The van der Waals surface area contributed by atoms with Gasteiger partial charge in [0.1, 0.15) is 6.54 Å². The molecule has 0 saturated heterocycles. The number of amides is 1. The molecule has 23 heavy (non-hydrogen) atoms. The lowest BCUT2D eigenvalue weighted by Gasteiger charge is -2.32. The molecule has 2 nitrogen and oxygen atoms in total. The van der Waals surface area contributed by atoms with Crippen LogP contribution in [0.5, 0.6) is 0 Å². The highest BCUT2D eigenvalue weighted by Gasteiger charge is 2.31. The van der Waals surface area contributed by atoms with Crippen molar-refractivity contribution < 1.29 is 9.28 Å². The first-order chi connectivity index (χ1) is 10.9. The molecule has 0 radical (unpaired) electrons. The Labute approximate surface area is 148 Å². The molecular weight excluding hydrogens is 329 g/mol. The summed E-state index contributed by atoms with van der Waals surface area (Å²) in [6, 6.07) is 15.5. The van der Waals surface area contributed by atoms with Crippen molar-refractivity contribution in [1.29, 1.82) is 0 Å². The van der Waals surface area contributed by atoms with Gasteiger partial charge in [0.2, 0.25) is 0 Å². The number of quaternary nitrogens is 1. The molecule has 0 saturated carbocycles. The number of nitrogens with zero attached hydrogens (tertiary/aromatic N) is 1. The lowest BCUT2D eigenvalue weighted by atomic mass is 10.1. The van der Waals surface area contributed by atoms with Crippen molar-refractivity contribution in [2.75, 3.05) is 13.6 Å². The van der Waals surface area contributed by atoms with Gasteiger partial charge in [0, 0.05) is 5.56 Å². The molecule has 1 amide bonds. The van der Waals surface area contributed by atoms with Crippen molar-refractivity contribution >= 4 is 29.1 Å². The maximum absolute atomic E-state index is 12.9. The van der Waals surface area contributed by atoms with Gasteiger partial charge in [0.05, 0.1) is 30.1 Å². The van der Waals surface area contributed by atoms with Crippen LogP contribution in [0.25, 0.3) is 0 Å². The van der Waals surface area contributed by atoms with Gasteiger partial charge in [0.25, 0.3) is 0 Å². The third-order valence-corrected chi connectivity index (χ3v) is 4.77. The molecule has 0 bridgehead atoms.